The number of hydrogen-bond acceptors (Lipinski definition) is 2. The van der Waals surface area contributed by atoms with E-state index in [2.05, 4.69) is 9.47 Å². The molecule has 18 heavy (non-hydrogen) atoms. The van der Waals surface area contributed by atoms with E-state index in [0.717, 1.165) is 0 Å². The summed E-state index contributed by atoms with van der Waals surface area (Å²) in [5.74, 6) is -6.03. The van der Waals surface area contributed by atoms with Crippen LogP contribution in [0.15, 0.2) is 0 Å². The maximum absolute atomic E-state index is 12.8. The van der Waals surface area contributed by atoms with Crippen LogP contribution >= 0.6 is 0 Å². The molecule has 0 saturated heterocycles. The van der Waals surface area contributed by atoms with Crippen molar-refractivity contribution in [1.29, 1.82) is 0 Å². The summed E-state index contributed by atoms with van der Waals surface area (Å²) in [6, 6.07) is 0. The van der Waals surface area contributed by atoms with Gasteiger partial charge in [0.1, 0.15) is 6.61 Å². The quantitative estimate of drug-likeness (QED) is 0.725. The minimum atomic E-state index is -6.51. The van der Waals surface area contributed by atoms with Crippen molar-refractivity contribution >= 4 is 0 Å². The van der Waals surface area contributed by atoms with Crippen LogP contribution in [0, 0.1) is 0 Å². The van der Waals surface area contributed by atoms with Crippen LogP contribution in [0.4, 0.5) is 43.9 Å². The Bertz CT molecular complexity index is 271. The lowest BCUT2D eigenvalue weighted by Gasteiger charge is -2.32. The molecule has 2 nitrogen and oxygen atoms in total. The number of rotatable bonds is 5. The fourth-order valence-electron chi connectivity index (χ4n) is 0.671. The summed E-state index contributed by atoms with van der Waals surface area (Å²) >= 11 is 0. The van der Waals surface area contributed by atoms with Crippen molar-refractivity contribution in [3.05, 3.63) is 0 Å². The summed E-state index contributed by atoms with van der Waals surface area (Å²) in [4.78, 5) is 0. The topological polar surface area (TPSA) is 18.5 Å². The van der Waals surface area contributed by atoms with Crippen LogP contribution in [0.5, 0.6) is 0 Å². The maximum atomic E-state index is 12.8. The molecule has 0 aromatic carbocycles. The number of ether oxygens (including phenoxy) is 2. The first-order valence-corrected chi connectivity index (χ1v) is 3.81. The minimum absolute atomic E-state index is 2.49. The van der Waals surface area contributed by atoms with E-state index in [0.29, 0.717) is 0 Å². The summed E-state index contributed by atoms with van der Waals surface area (Å²) in [5, 5.41) is 0. The minimum Gasteiger partial charge on any atom is -0.306 e. The van der Waals surface area contributed by atoms with Crippen LogP contribution in [-0.4, -0.2) is 37.8 Å². The van der Waals surface area contributed by atoms with E-state index >= 15 is 0 Å². The van der Waals surface area contributed by atoms with Gasteiger partial charge in [-0.05, 0) is 0 Å². The molecule has 0 saturated carbocycles. The van der Waals surface area contributed by atoms with Crippen molar-refractivity contribution < 1.29 is 53.4 Å². The molecule has 0 aliphatic heterocycles. The molecule has 0 radical (unpaired) electrons. The molecule has 0 rings (SSSR count). The molecule has 0 amide bonds. The molecule has 0 aromatic rings. The lowest BCUT2D eigenvalue weighted by molar-refractivity contribution is -0.468. The summed E-state index contributed by atoms with van der Waals surface area (Å²) in [6.45, 7) is -5.53. The van der Waals surface area contributed by atoms with Gasteiger partial charge in [-0.15, -0.1) is 0 Å². The molecular weight excluding hydrogens is 294 g/mol. The fourth-order valence-corrected chi connectivity index (χ4v) is 0.671. The number of alkyl halides is 10. The lowest BCUT2D eigenvalue weighted by atomic mass is 10.2. The molecule has 110 valence electrons. The standard InChI is InChI=1S/C6H4F10O2/c7-2-18-4(11,5(12,13)14)6(15,16)17-1-3(8,9)10/h1-2H2. The van der Waals surface area contributed by atoms with E-state index in [-0.39, 0.29) is 0 Å². The molecule has 0 spiro atoms. The van der Waals surface area contributed by atoms with Gasteiger partial charge in [0.25, 0.3) is 0 Å². The Labute approximate surface area is 92.4 Å². The highest BCUT2D eigenvalue weighted by Gasteiger charge is 2.75. The van der Waals surface area contributed by atoms with Crippen molar-refractivity contribution in [3.63, 3.8) is 0 Å². The van der Waals surface area contributed by atoms with Crippen LogP contribution in [0.25, 0.3) is 0 Å². The van der Waals surface area contributed by atoms with Gasteiger partial charge in [-0.2, -0.15) is 39.5 Å². The van der Waals surface area contributed by atoms with Gasteiger partial charge in [0.05, 0.1) is 0 Å². The molecule has 0 fully saturated rings. The zero-order chi connectivity index (χ0) is 14.8. The highest BCUT2D eigenvalue weighted by atomic mass is 19.4. The Morgan fingerprint density at radius 3 is 1.44 bits per heavy atom. The monoisotopic (exact) mass is 298 g/mol. The van der Waals surface area contributed by atoms with Crippen LogP contribution in [0.2, 0.25) is 0 Å². The van der Waals surface area contributed by atoms with E-state index in [9.17, 15) is 43.9 Å². The fraction of sp³-hybridized carbons (Fsp3) is 1.00. The largest absolute Gasteiger partial charge is 0.458 e. The maximum Gasteiger partial charge on any atom is 0.458 e. The Balaban J connectivity index is 5.11. The smallest absolute Gasteiger partial charge is 0.306 e. The van der Waals surface area contributed by atoms with Crippen molar-refractivity contribution in [1.82, 2.24) is 0 Å². The van der Waals surface area contributed by atoms with Gasteiger partial charge in [-0.25, -0.2) is 4.39 Å². The van der Waals surface area contributed by atoms with Crippen LogP contribution < -0.4 is 0 Å². The molecule has 1 unspecified atom stereocenters. The molecule has 0 heterocycles. The average Bonchev–Trinajstić information content (AvgIpc) is 2.12. The molecular formula is C6H4F10O2. The number of hydrogen-bond donors (Lipinski definition) is 0. The van der Waals surface area contributed by atoms with Crippen molar-refractivity contribution in [2.45, 2.75) is 24.3 Å². The highest BCUT2D eigenvalue weighted by Crippen LogP contribution is 2.47. The average molecular weight is 298 g/mol. The second-order valence-electron chi connectivity index (χ2n) is 2.77. The normalized spacial score (nSPS) is 17.7. The first kappa shape index (κ1) is 17.2. The van der Waals surface area contributed by atoms with Crippen LogP contribution in [-0.2, 0) is 9.47 Å². The summed E-state index contributed by atoms with van der Waals surface area (Å²) < 4.78 is 125. The second kappa shape index (κ2) is 5.07. The SMILES string of the molecule is FCOC(F)(C(F)(F)F)C(F)(F)OCC(F)(F)F. The Hall–Kier alpha value is -0.780. The van der Waals surface area contributed by atoms with Gasteiger partial charge in [-0.3, -0.25) is 0 Å². The van der Waals surface area contributed by atoms with E-state index in [1.54, 1.807) is 0 Å². The summed E-state index contributed by atoms with van der Waals surface area (Å²) in [7, 11) is 0. The van der Waals surface area contributed by atoms with E-state index in [4.69, 9.17) is 0 Å². The van der Waals surface area contributed by atoms with Gasteiger partial charge < -0.3 is 9.47 Å². The second-order valence-corrected chi connectivity index (χ2v) is 2.77. The Morgan fingerprint density at radius 1 is 0.722 bits per heavy atom. The van der Waals surface area contributed by atoms with E-state index in [1.807, 2.05) is 0 Å². The van der Waals surface area contributed by atoms with Gasteiger partial charge in [0, 0.05) is 0 Å². The third-order valence-electron chi connectivity index (χ3n) is 1.41. The van der Waals surface area contributed by atoms with E-state index < -0.39 is 37.8 Å². The Morgan fingerprint density at radius 2 is 1.17 bits per heavy atom. The molecule has 0 aliphatic carbocycles. The third kappa shape index (κ3) is 3.86. The zero-order valence-corrected chi connectivity index (χ0v) is 8.01. The predicted molar refractivity (Wildman–Crippen MR) is 33.9 cm³/mol. The van der Waals surface area contributed by atoms with Crippen LogP contribution in [0.3, 0.4) is 0 Å². The first-order chi connectivity index (χ1) is 7.77. The molecule has 0 aromatic heterocycles. The number of halogens is 10. The summed E-state index contributed by atoms with van der Waals surface area (Å²) in [5.41, 5.74) is 0. The van der Waals surface area contributed by atoms with Crippen molar-refractivity contribution in [3.8, 4) is 0 Å². The molecule has 0 N–H and O–H groups in total. The predicted octanol–water partition coefficient (Wildman–Crippen LogP) is 3.33. The molecule has 0 bridgehead atoms. The van der Waals surface area contributed by atoms with Crippen LogP contribution in [0.1, 0.15) is 0 Å². The zero-order valence-electron chi connectivity index (χ0n) is 8.01. The lowest BCUT2D eigenvalue weighted by Crippen LogP contribution is -2.59. The first-order valence-electron chi connectivity index (χ1n) is 3.81. The van der Waals surface area contributed by atoms with Gasteiger partial charge in [0.2, 0.25) is 0 Å². The van der Waals surface area contributed by atoms with E-state index in [1.165, 1.54) is 0 Å². The third-order valence-corrected chi connectivity index (χ3v) is 1.41. The molecule has 1 atom stereocenters. The van der Waals surface area contributed by atoms with Gasteiger partial charge in [-0.1, -0.05) is 0 Å². The van der Waals surface area contributed by atoms with Crippen molar-refractivity contribution in [2.75, 3.05) is 13.5 Å². The van der Waals surface area contributed by atoms with Gasteiger partial charge in [0.15, 0.2) is 6.86 Å². The Kier molecular flexibility index (Phi) is 4.85. The highest BCUT2D eigenvalue weighted by molar-refractivity contribution is 4.86. The summed E-state index contributed by atoms with van der Waals surface area (Å²) in [6.07, 6.45) is -18.0. The van der Waals surface area contributed by atoms with Gasteiger partial charge >= 0.3 is 24.3 Å². The van der Waals surface area contributed by atoms with Crippen molar-refractivity contribution in [2.24, 2.45) is 0 Å². The molecule has 0 aliphatic rings. The molecule has 12 heteroatoms.